The molecule has 0 spiro atoms. The van der Waals surface area contributed by atoms with Crippen LogP contribution in [-0.4, -0.2) is 48.8 Å². The molecule has 1 aliphatic carbocycles. The smallest absolute Gasteiger partial charge is 0.243 e. The van der Waals surface area contributed by atoms with Crippen LogP contribution in [0.2, 0.25) is 0 Å². The van der Waals surface area contributed by atoms with Crippen LogP contribution in [0.5, 0.6) is 5.75 Å². The molecule has 172 valence electrons. The van der Waals surface area contributed by atoms with Crippen molar-refractivity contribution >= 4 is 35.5 Å². The Morgan fingerprint density at radius 3 is 2.65 bits per heavy atom. The number of hydrogen-bond donors (Lipinski definition) is 3. The van der Waals surface area contributed by atoms with Crippen LogP contribution in [0.25, 0.3) is 0 Å². The molecule has 6 nitrogen and oxygen atoms in total. The second kappa shape index (κ2) is 13.2. The van der Waals surface area contributed by atoms with Gasteiger partial charge in [0.25, 0.3) is 0 Å². The highest BCUT2D eigenvalue weighted by atomic mass is 32.2. The van der Waals surface area contributed by atoms with Gasteiger partial charge in [-0.25, -0.2) is 0 Å². The summed E-state index contributed by atoms with van der Waals surface area (Å²) in [5, 5.41) is 6.04. The number of ether oxygens (including phenoxy) is 1. The number of benzene rings is 1. The van der Waals surface area contributed by atoms with Gasteiger partial charge in [-0.3, -0.25) is 14.3 Å². The zero-order chi connectivity index (χ0) is 21.9. The lowest BCUT2D eigenvalue weighted by atomic mass is 9.91. The molecule has 1 heterocycles. The molecule has 2 amide bonds. The van der Waals surface area contributed by atoms with E-state index in [2.05, 4.69) is 15.4 Å². The number of thioether (sulfide) groups is 1. The molecule has 3 N–H and O–H groups in total. The fourth-order valence-corrected chi connectivity index (χ4v) is 6.13. The number of carbonyl (C=O) groups is 2. The van der Waals surface area contributed by atoms with E-state index in [0.29, 0.717) is 18.8 Å². The molecule has 3 rings (SSSR count). The van der Waals surface area contributed by atoms with E-state index < -0.39 is 6.04 Å². The standard InChI is InChI=1S/C23H35N3O3S2/c1-29-20-9-7-17(8-10-20)13-24-23(28)21(16-30-15-18-5-3-2-4-6-18)26-22(27)19-11-12-31-25-14-19/h7-10,18-19,21,25H,2-6,11-16H2,1H3,(H,24,28)(H,26,27)/t19-,21+/m1/s1. The van der Waals surface area contributed by atoms with Crippen LogP contribution >= 0.6 is 23.7 Å². The van der Waals surface area contributed by atoms with Gasteiger partial charge in [-0.2, -0.15) is 11.8 Å². The molecule has 0 bridgehead atoms. The maximum atomic E-state index is 13.0. The Morgan fingerprint density at radius 1 is 1.19 bits per heavy atom. The molecule has 1 saturated heterocycles. The molecular weight excluding hydrogens is 430 g/mol. The summed E-state index contributed by atoms with van der Waals surface area (Å²) in [7, 11) is 1.63. The molecule has 0 unspecified atom stereocenters. The van der Waals surface area contributed by atoms with Gasteiger partial charge in [-0.05, 0) is 48.6 Å². The Kier molecular flexibility index (Phi) is 10.4. The van der Waals surface area contributed by atoms with Gasteiger partial charge in [0.2, 0.25) is 11.8 Å². The van der Waals surface area contributed by atoms with Crippen LogP contribution in [0.15, 0.2) is 24.3 Å². The second-order valence-electron chi connectivity index (χ2n) is 8.35. The fourth-order valence-electron chi connectivity index (χ4n) is 3.99. The van der Waals surface area contributed by atoms with Crippen molar-refractivity contribution in [2.45, 2.75) is 51.1 Å². The maximum Gasteiger partial charge on any atom is 0.243 e. The Morgan fingerprint density at radius 2 is 1.97 bits per heavy atom. The van der Waals surface area contributed by atoms with Gasteiger partial charge in [0.1, 0.15) is 11.8 Å². The number of rotatable bonds is 10. The van der Waals surface area contributed by atoms with Crippen molar-refractivity contribution in [1.29, 1.82) is 0 Å². The van der Waals surface area contributed by atoms with Crippen molar-refractivity contribution in [3.63, 3.8) is 0 Å². The largest absolute Gasteiger partial charge is 0.497 e. The summed E-state index contributed by atoms with van der Waals surface area (Å²) in [4.78, 5) is 25.7. The maximum absolute atomic E-state index is 13.0. The molecule has 0 aromatic heterocycles. The van der Waals surface area contributed by atoms with Gasteiger partial charge < -0.3 is 15.4 Å². The zero-order valence-electron chi connectivity index (χ0n) is 18.4. The summed E-state index contributed by atoms with van der Waals surface area (Å²) in [6.07, 6.45) is 7.42. The van der Waals surface area contributed by atoms with Gasteiger partial charge in [0.15, 0.2) is 0 Å². The number of hydrogen-bond acceptors (Lipinski definition) is 6. The van der Waals surface area contributed by atoms with Gasteiger partial charge >= 0.3 is 0 Å². The highest BCUT2D eigenvalue weighted by Crippen LogP contribution is 2.27. The van der Waals surface area contributed by atoms with Crippen molar-refractivity contribution in [3.05, 3.63) is 29.8 Å². The van der Waals surface area contributed by atoms with Crippen molar-refractivity contribution < 1.29 is 14.3 Å². The summed E-state index contributed by atoms with van der Waals surface area (Å²) in [6.45, 7) is 1.09. The highest BCUT2D eigenvalue weighted by Gasteiger charge is 2.27. The molecule has 2 atom stereocenters. The van der Waals surface area contributed by atoms with Crippen LogP contribution in [0.3, 0.4) is 0 Å². The molecule has 31 heavy (non-hydrogen) atoms. The Hall–Kier alpha value is -1.38. The van der Waals surface area contributed by atoms with E-state index >= 15 is 0 Å². The minimum absolute atomic E-state index is 0.0179. The highest BCUT2D eigenvalue weighted by molar-refractivity contribution is 7.99. The predicted octanol–water partition coefficient (Wildman–Crippen LogP) is 3.37. The molecular formula is C23H35N3O3S2. The predicted molar refractivity (Wildman–Crippen MR) is 129 cm³/mol. The van der Waals surface area contributed by atoms with E-state index in [9.17, 15) is 9.59 Å². The lowest BCUT2D eigenvalue weighted by molar-refractivity contribution is -0.130. The van der Waals surface area contributed by atoms with E-state index in [0.717, 1.165) is 35.2 Å². The molecule has 2 fully saturated rings. The lowest BCUT2D eigenvalue weighted by Gasteiger charge is -2.26. The molecule has 1 aromatic carbocycles. The SMILES string of the molecule is COc1ccc(CNC(=O)[C@H](CSCC2CCCCC2)NC(=O)[C@@H]2CCSNC2)cc1. The fraction of sp³-hybridized carbons (Fsp3) is 0.652. The lowest BCUT2D eigenvalue weighted by Crippen LogP contribution is -2.51. The molecule has 0 radical (unpaired) electrons. The minimum Gasteiger partial charge on any atom is -0.497 e. The van der Waals surface area contributed by atoms with Crippen LogP contribution in [-0.2, 0) is 16.1 Å². The number of amides is 2. The van der Waals surface area contributed by atoms with Crippen LogP contribution in [0.1, 0.15) is 44.1 Å². The van der Waals surface area contributed by atoms with Crippen LogP contribution < -0.4 is 20.1 Å². The third kappa shape index (κ3) is 8.24. The van der Waals surface area contributed by atoms with E-state index in [1.165, 1.54) is 32.1 Å². The van der Waals surface area contributed by atoms with Crippen LogP contribution in [0, 0.1) is 11.8 Å². The van der Waals surface area contributed by atoms with Gasteiger partial charge in [0.05, 0.1) is 13.0 Å². The van der Waals surface area contributed by atoms with E-state index in [1.54, 1.807) is 30.8 Å². The Bertz CT molecular complexity index is 690. The first-order chi connectivity index (χ1) is 15.2. The first-order valence-electron chi connectivity index (χ1n) is 11.3. The monoisotopic (exact) mass is 465 g/mol. The first kappa shape index (κ1) is 24.3. The summed E-state index contributed by atoms with van der Waals surface area (Å²) >= 11 is 3.46. The second-order valence-corrected chi connectivity index (χ2v) is 10.4. The number of nitrogens with one attached hydrogen (secondary N) is 3. The molecule has 1 aliphatic heterocycles. The molecule has 2 aliphatic rings. The summed E-state index contributed by atoms with van der Waals surface area (Å²) in [6, 6.07) is 7.14. The first-order valence-corrected chi connectivity index (χ1v) is 13.4. The molecule has 1 aromatic rings. The van der Waals surface area contributed by atoms with E-state index in [4.69, 9.17) is 4.74 Å². The third-order valence-electron chi connectivity index (χ3n) is 5.99. The quantitative estimate of drug-likeness (QED) is 0.460. The third-order valence-corrected chi connectivity index (χ3v) is 8.08. The minimum atomic E-state index is -0.506. The van der Waals surface area contributed by atoms with Crippen molar-refractivity contribution in [1.82, 2.24) is 15.4 Å². The van der Waals surface area contributed by atoms with Gasteiger partial charge in [-0.15, -0.1) is 0 Å². The molecule has 1 saturated carbocycles. The van der Waals surface area contributed by atoms with E-state index in [1.807, 2.05) is 24.3 Å². The average Bonchev–Trinajstić information content (AvgIpc) is 2.83. The Labute approximate surface area is 194 Å². The van der Waals surface area contributed by atoms with Crippen LogP contribution in [0.4, 0.5) is 0 Å². The summed E-state index contributed by atoms with van der Waals surface area (Å²) in [5.41, 5.74) is 1.00. The number of carbonyl (C=O) groups excluding carboxylic acids is 2. The Balaban J connectivity index is 1.52. The average molecular weight is 466 g/mol. The van der Waals surface area contributed by atoms with Crippen molar-refractivity contribution in [2.24, 2.45) is 11.8 Å². The normalized spacial score (nSPS) is 20.6. The molecule has 8 heteroatoms. The summed E-state index contributed by atoms with van der Waals surface area (Å²) in [5.74, 6) is 3.94. The zero-order valence-corrected chi connectivity index (χ0v) is 20.0. The van der Waals surface area contributed by atoms with Gasteiger partial charge in [-0.1, -0.05) is 43.3 Å². The van der Waals surface area contributed by atoms with E-state index in [-0.39, 0.29) is 17.7 Å². The topological polar surface area (TPSA) is 79.5 Å². The van der Waals surface area contributed by atoms with Crippen molar-refractivity contribution in [2.75, 3.05) is 30.9 Å². The van der Waals surface area contributed by atoms with Gasteiger partial charge in [0, 0.05) is 24.6 Å². The number of methoxy groups -OCH3 is 1. The van der Waals surface area contributed by atoms with Crippen molar-refractivity contribution in [3.8, 4) is 5.75 Å². The summed E-state index contributed by atoms with van der Waals surface area (Å²) < 4.78 is 8.38.